The predicted octanol–water partition coefficient (Wildman–Crippen LogP) is 7.09. The van der Waals surface area contributed by atoms with Crippen LogP contribution in [0, 0.1) is 40.4 Å². The quantitative estimate of drug-likeness (QED) is 0.542. The Morgan fingerprint density at radius 2 is 1.26 bits per heavy atom. The molecule has 0 radical (unpaired) electrons. The van der Waals surface area contributed by atoms with Gasteiger partial charge in [-0.25, -0.2) is 0 Å². The molecular weight excluding hydrogens is 328 g/mol. The summed E-state index contributed by atoms with van der Waals surface area (Å²) in [6, 6.07) is 10.2. The highest BCUT2D eigenvalue weighted by Gasteiger charge is 2.25. The van der Waals surface area contributed by atoms with E-state index >= 15 is 0 Å². The molecule has 1 aromatic rings. The van der Waals surface area contributed by atoms with E-state index in [9.17, 15) is 5.26 Å². The van der Waals surface area contributed by atoms with Crippen LogP contribution in [0.4, 0.5) is 0 Å². The van der Waals surface area contributed by atoms with Crippen molar-refractivity contribution in [3.8, 4) is 12.1 Å². The molecule has 0 N–H and O–H groups in total. The first kappa shape index (κ1) is 19.9. The van der Waals surface area contributed by atoms with Crippen molar-refractivity contribution in [3.63, 3.8) is 0 Å². The molecule has 0 heterocycles. The summed E-state index contributed by atoms with van der Waals surface area (Å²) in [6.07, 6.45) is 16.7. The van der Waals surface area contributed by atoms with Crippen LogP contribution in [-0.4, -0.2) is 0 Å². The fourth-order valence-corrected chi connectivity index (χ4v) is 5.48. The average Bonchev–Trinajstić information content (AvgIpc) is 2.73. The van der Waals surface area contributed by atoms with Crippen LogP contribution >= 0.6 is 0 Å². The number of nitriles is 2. The molecule has 144 valence electrons. The number of benzene rings is 1. The lowest BCUT2D eigenvalue weighted by Gasteiger charge is -2.32. The minimum atomic E-state index is 0.503. The Bertz CT molecular complexity index is 677. The van der Waals surface area contributed by atoms with Crippen molar-refractivity contribution < 1.29 is 0 Å². The highest BCUT2D eigenvalue weighted by molar-refractivity contribution is 5.48. The SMILES string of the molecule is CCCC1CCC(CCC2CCC(c3ccc(C#N)c(C#N)c3)CC2)CC1. The largest absolute Gasteiger partial charge is 0.192 e. The number of hydrogen-bond acceptors (Lipinski definition) is 2. The van der Waals surface area contributed by atoms with Crippen LogP contribution < -0.4 is 0 Å². The first-order chi connectivity index (χ1) is 13.2. The second kappa shape index (κ2) is 9.94. The second-order valence-electron chi connectivity index (χ2n) is 9.00. The summed E-state index contributed by atoms with van der Waals surface area (Å²) in [4.78, 5) is 0. The molecule has 27 heavy (non-hydrogen) atoms. The smallest absolute Gasteiger partial charge is 0.101 e. The van der Waals surface area contributed by atoms with Gasteiger partial charge >= 0.3 is 0 Å². The van der Waals surface area contributed by atoms with Crippen LogP contribution in [0.25, 0.3) is 0 Å². The van der Waals surface area contributed by atoms with Crippen molar-refractivity contribution in [2.24, 2.45) is 17.8 Å². The molecule has 2 aliphatic carbocycles. The lowest BCUT2D eigenvalue weighted by atomic mass is 9.74. The maximum absolute atomic E-state index is 9.25. The minimum Gasteiger partial charge on any atom is -0.192 e. The molecule has 2 fully saturated rings. The first-order valence-electron chi connectivity index (χ1n) is 11.2. The summed E-state index contributed by atoms with van der Waals surface area (Å²) in [5.41, 5.74) is 2.30. The fraction of sp³-hybridized carbons (Fsp3) is 0.680. The van der Waals surface area contributed by atoms with Gasteiger partial charge in [-0.2, -0.15) is 10.5 Å². The molecule has 0 unspecified atom stereocenters. The van der Waals surface area contributed by atoms with Gasteiger partial charge in [0.05, 0.1) is 11.1 Å². The van der Waals surface area contributed by atoms with Crippen molar-refractivity contribution in [2.45, 2.75) is 89.9 Å². The Hall–Kier alpha value is -1.80. The van der Waals surface area contributed by atoms with E-state index in [1.165, 1.54) is 82.6 Å². The number of rotatable bonds is 6. The first-order valence-corrected chi connectivity index (χ1v) is 11.2. The van der Waals surface area contributed by atoms with Crippen LogP contribution in [0.5, 0.6) is 0 Å². The summed E-state index contributed by atoms with van der Waals surface area (Å²) in [5, 5.41) is 18.3. The van der Waals surface area contributed by atoms with Gasteiger partial charge in [-0.05, 0) is 67.1 Å². The molecule has 0 bridgehead atoms. The van der Waals surface area contributed by atoms with E-state index in [0.29, 0.717) is 17.0 Å². The average molecular weight is 363 g/mol. The summed E-state index contributed by atoms with van der Waals surface area (Å²) in [7, 11) is 0. The van der Waals surface area contributed by atoms with Crippen LogP contribution in [0.2, 0.25) is 0 Å². The maximum Gasteiger partial charge on any atom is 0.101 e. The highest BCUT2D eigenvalue weighted by Crippen LogP contribution is 2.40. The van der Waals surface area contributed by atoms with Crippen LogP contribution in [0.1, 0.15) is 107 Å². The summed E-state index contributed by atoms with van der Waals surface area (Å²) >= 11 is 0. The van der Waals surface area contributed by atoms with Crippen LogP contribution in [0.15, 0.2) is 18.2 Å². The van der Waals surface area contributed by atoms with Crippen molar-refractivity contribution in [1.29, 1.82) is 10.5 Å². The molecular formula is C25H34N2. The van der Waals surface area contributed by atoms with Crippen molar-refractivity contribution in [1.82, 2.24) is 0 Å². The summed E-state index contributed by atoms with van der Waals surface area (Å²) < 4.78 is 0. The molecule has 1 aromatic carbocycles. The van der Waals surface area contributed by atoms with Gasteiger partial charge in [-0.1, -0.05) is 64.4 Å². The van der Waals surface area contributed by atoms with Crippen LogP contribution in [0.3, 0.4) is 0 Å². The standard InChI is InChI=1S/C25H34N2/c1-2-3-19-4-6-20(7-5-19)8-9-21-10-12-22(13-11-21)23-14-15-24(17-26)25(16-23)18-27/h14-16,19-22H,2-13H2,1H3. The van der Waals surface area contributed by atoms with E-state index in [-0.39, 0.29) is 0 Å². The Morgan fingerprint density at radius 3 is 1.78 bits per heavy atom. The van der Waals surface area contributed by atoms with Gasteiger partial charge < -0.3 is 0 Å². The van der Waals surface area contributed by atoms with E-state index in [1.54, 1.807) is 0 Å². The van der Waals surface area contributed by atoms with Gasteiger partial charge in [0.1, 0.15) is 12.1 Å². The molecule has 2 saturated carbocycles. The summed E-state index contributed by atoms with van der Waals surface area (Å²) in [6.45, 7) is 2.32. The second-order valence-corrected chi connectivity index (χ2v) is 9.00. The molecule has 2 aliphatic rings. The van der Waals surface area contributed by atoms with Gasteiger partial charge in [-0.15, -0.1) is 0 Å². The van der Waals surface area contributed by atoms with Gasteiger partial charge in [0.2, 0.25) is 0 Å². The van der Waals surface area contributed by atoms with E-state index in [4.69, 9.17) is 5.26 Å². The Morgan fingerprint density at radius 1 is 0.741 bits per heavy atom. The topological polar surface area (TPSA) is 47.6 Å². The fourth-order valence-electron chi connectivity index (χ4n) is 5.48. The lowest BCUT2D eigenvalue weighted by molar-refractivity contribution is 0.224. The lowest BCUT2D eigenvalue weighted by Crippen LogP contribution is -2.17. The van der Waals surface area contributed by atoms with Gasteiger partial charge in [0.15, 0.2) is 0 Å². The van der Waals surface area contributed by atoms with E-state index in [2.05, 4.69) is 25.1 Å². The minimum absolute atomic E-state index is 0.503. The summed E-state index contributed by atoms with van der Waals surface area (Å²) in [5.74, 6) is 3.49. The third-order valence-electron chi connectivity index (χ3n) is 7.25. The molecule has 0 aromatic heterocycles. The van der Waals surface area contributed by atoms with Gasteiger partial charge in [-0.3, -0.25) is 0 Å². The maximum atomic E-state index is 9.25. The van der Waals surface area contributed by atoms with Gasteiger partial charge in [0, 0.05) is 0 Å². The Labute approximate surface area is 165 Å². The highest BCUT2D eigenvalue weighted by atomic mass is 14.3. The van der Waals surface area contributed by atoms with Crippen LogP contribution in [-0.2, 0) is 0 Å². The molecule has 0 spiro atoms. The molecule has 0 saturated heterocycles. The predicted molar refractivity (Wildman–Crippen MR) is 110 cm³/mol. The van der Waals surface area contributed by atoms with E-state index in [0.717, 1.165) is 17.8 Å². The normalized spacial score (nSPS) is 28.3. The molecule has 2 nitrogen and oxygen atoms in total. The number of hydrogen-bond donors (Lipinski definition) is 0. The monoisotopic (exact) mass is 362 g/mol. The van der Waals surface area contributed by atoms with Crippen molar-refractivity contribution in [2.75, 3.05) is 0 Å². The molecule has 2 heteroatoms. The Balaban J connectivity index is 1.42. The van der Waals surface area contributed by atoms with Crippen molar-refractivity contribution in [3.05, 3.63) is 34.9 Å². The van der Waals surface area contributed by atoms with Gasteiger partial charge in [0.25, 0.3) is 0 Å². The zero-order valence-corrected chi connectivity index (χ0v) is 16.9. The zero-order chi connectivity index (χ0) is 19.1. The molecule has 3 rings (SSSR count). The van der Waals surface area contributed by atoms with E-state index in [1.807, 2.05) is 12.1 Å². The zero-order valence-electron chi connectivity index (χ0n) is 16.9. The molecule has 0 amide bonds. The Kier molecular flexibility index (Phi) is 7.34. The van der Waals surface area contributed by atoms with E-state index < -0.39 is 0 Å². The molecule has 0 atom stereocenters. The number of nitrogens with zero attached hydrogens (tertiary/aromatic N) is 2. The third-order valence-corrected chi connectivity index (χ3v) is 7.25. The molecule has 0 aliphatic heterocycles. The third kappa shape index (κ3) is 5.35. The van der Waals surface area contributed by atoms with Crippen molar-refractivity contribution >= 4 is 0 Å².